The smallest absolute Gasteiger partial charge is 0.186 e. The third-order valence-electron chi connectivity index (χ3n) is 3.65. The maximum Gasteiger partial charge on any atom is 0.186 e. The molecule has 0 amide bonds. The largest absolute Gasteiger partial charge is 0.249 e. The molecule has 0 radical (unpaired) electrons. The van der Waals surface area contributed by atoms with E-state index in [-0.39, 0.29) is 20.0 Å². The van der Waals surface area contributed by atoms with Gasteiger partial charge in [0.2, 0.25) is 0 Å². The number of pyridine rings is 2. The van der Waals surface area contributed by atoms with Crippen molar-refractivity contribution in [3.63, 3.8) is 0 Å². The number of hydrogen-bond acceptors (Lipinski definition) is 8. The Kier molecular flexibility index (Phi) is 7.72. The van der Waals surface area contributed by atoms with Gasteiger partial charge in [-0.3, -0.25) is 0 Å². The molecular formula is C18H22N2O4S4. The lowest BCUT2D eigenvalue weighted by atomic mass is 10.3. The summed E-state index contributed by atoms with van der Waals surface area (Å²) in [6.07, 6.45) is 3.22. The van der Waals surface area contributed by atoms with Crippen LogP contribution in [0.3, 0.4) is 0 Å². The first-order chi connectivity index (χ1) is 13.1. The molecule has 10 heteroatoms. The van der Waals surface area contributed by atoms with Gasteiger partial charge < -0.3 is 0 Å². The predicted molar refractivity (Wildman–Crippen MR) is 116 cm³/mol. The summed E-state index contributed by atoms with van der Waals surface area (Å²) in [5.41, 5.74) is 1.85. The second-order valence-electron chi connectivity index (χ2n) is 5.93. The summed E-state index contributed by atoms with van der Waals surface area (Å²) in [5.74, 6) is -0.433. The number of aryl methyl sites for hydroxylation is 2. The lowest BCUT2D eigenvalue weighted by molar-refractivity contribution is 0.600. The Morgan fingerprint density at radius 2 is 1.11 bits per heavy atom. The monoisotopic (exact) mass is 458 g/mol. The van der Waals surface area contributed by atoms with Crippen LogP contribution in [-0.4, -0.2) is 38.3 Å². The molecule has 0 atom stereocenters. The van der Waals surface area contributed by atoms with Crippen molar-refractivity contribution in [2.24, 2.45) is 0 Å². The van der Waals surface area contributed by atoms with Gasteiger partial charge in [0.1, 0.15) is 18.5 Å². The van der Waals surface area contributed by atoms with E-state index in [4.69, 9.17) is 0 Å². The maximum atomic E-state index is 12.8. The van der Waals surface area contributed by atoms with Crippen LogP contribution < -0.4 is 0 Å². The van der Waals surface area contributed by atoms with Crippen LogP contribution in [0.5, 0.6) is 0 Å². The van der Waals surface area contributed by atoms with Gasteiger partial charge in [-0.05, 0) is 37.1 Å². The average Bonchev–Trinajstić information content (AvgIpc) is 2.67. The fourth-order valence-electron chi connectivity index (χ4n) is 1.95. The van der Waals surface area contributed by atoms with Gasteiger partial charge in [-0.1, -0.05) is 49.5 Å². The lowest BCUT2D eigenvalue weighted by Crippen LogP contribution is -2.13. The Balaban J connectivity index is 2.68. The van der Waals surface area contributed by atoms with Crippen LogP contribution >= 0.6 is 23.5 Å². The van der Waals surface area contributed by atoms with Crippen LogP contribution in [0.15, 0.2) is 55.2 Å². The molecule has 0 unspecified atom stereocenters. The molecule has 2 rings (SSSR count). The van der Waals surface area contributed by atoms with Gasteiger partial charge in [0.15, 0.2) is 19.7 Å². The van der Waals surface area contributed by atoms with E-state index in [9.17, 15) is 16.8 Å². The van der Waals surface area contributed by atoms with Gasteiger partial charge in [-0.15, -0.1) is 0 Å². The summed E-state index contributed by atoms with van der Waals surface area (Å²) in [6, 6.07) is 6.95. The van der Waals surface area contributed by atoms with Gasteiger partial charge in [0, 0.05) is 12.4 Å². The molecule has 0 bridgehead atoms. The van der Waals surface area contributed by atoms with Gasteiger partial charge in [0.05, 0.1) is 11.5 Å². The minimum absolute atomic E-state index is 0.208. The van der Waals surface area contributed by atoms with Crippen LogP contribution in [0, 0.1) is 13.8 Å². The first kappa shape index (κ1) is 22.9. The van der Waals surface area contributed by atoms with Crippen LogP contribution in [0.2, 0.25) is 0 Å². The molecule has 0 aliphatic heterocycles. The van der Waals surface area contributed by atoms with Crippen LogP contribution in [0.1, 0.15) is 25.0 Å². The van der Waals surface area contributed by atoms with E-state index in [2.05, 4.69) is 9.97 Å². The Morgan fingerprint density at radius 3 is 1.36 bits per heavy atom. The second kappa shape index (κ2) is 9.43. The number of hydrogen-bond donors (Lipinski definition) is 0. The number of rotatable bonds is 8. The Hall–Kier alpha value is -1.36. The Bertz CT molecular complexity index is 972. The quantitative estimate of drug-likeness (QED) is 0.549. The highest BCUT2D eigenvalue weighted by Crippen LogP contribution is 2.41. The molecule has 0 aliphatic rings. The van der Waals surface area contributed by atoms with Gasteiger partial charge >= 0.3 is 0 Å². The minimum Gasteiger partial charge on any atom is -0.249 e. The molecule has 6 nitrogen and oxygen atoms in total. The Morgan fingerprint density at radius 1 is 0.750 bits per heavy atom. The normalized spacial score (nSPS) is 13.3. The van der Waals surface area contributed by atoms with E-state index in [0.29, 0.717) is 10.1 Å². The molecule has 0 aromatic carbocycles. The van der Waals surface area contributed by atoms with Gasteiger partial charge in [-0.25, -0.2) is 26.8 Å². The number of nitrogens with zero attached hydrogens (tertiary/aromatic N) is 2. The highest BCUT2D eigenvalue weighted by molar-refractivity contribution is 8.24. The van der Waals surface area contributed by atoms with E-state index in [0.717, 1.165) is 34.7 Å². The summed E-state index contributed by atoms with van der Waals surface area (Å²) < 4.78 is 50.8. The van der Waals surface area contributed by atoms with E-state index in [1.807, 2.05) is 13.8 Å². The third-order valence-corrected chi connectivity index (χ3v) is 10.9. The highest BCUT2D eigenvalue weighted by atomic mass is 32.3. The first-order valence-electron chi connectivity index (χ1n) is 8.50. The second-order valence-corrected chi connectivity index (χ2v) is 12.9. The van der Waals surface area contributed by atoms with E-state index in [1.54, 1.807) is 36.7 Å². The van der Waals surface area contributed by atoms with Crippen molar-refractivity contribution in [1.29, 1.82) is 0 Å². The molecule has 2 heterocycles. The first-order valence-corrected chi connectivity index (χ1v) is 13.4. The highest BCUT2D eigenvalue weighted by Gasteiger charge is 2.30. The predicted octanol–water partition coefficient (Wildman–Crippen LogP) is 3.97. The third kappa shape index (κ3) is 5.82. The number of sulfone groups is 2. The summed E-state index contributed by atoms with van der Waals surface area (Å²) in [7, 11) is -7.63. The van der Waals surface area contributed by atoms with Gasteiger partial charge in [-0.2, -0.15) is 0 Å². The molecule has 0 fully saturated rings. The standard InChI is InChI=1S/C18H22N2O4S4/c1-5-27(21,22)17(25-15-9-7-13(3)11-19-15)18(28(23,24)6-2)26-16-10-8-14(4)12-20-16/h7-12H,5-6H2,1-4H3. The average molecular weight is 459 g/mol. The van der Waals surface area contributed by atoms with Crippen molar-refractivity contribution >= 4 is 43.2 Å². The van der Waals surface area contributed by atoms with Crippen molar-refractivity contribution in [3.05, 3.63) is 56.3 Å². The van der Waals surface area contributed by atoms with Crippen LogP contribution in [0.4, 0.5) is 0 Å². The summed E-state index contributed by atoms with van der Waals surface area (Å²) in [5, 5.41) is 0.831. The van der Waals surface area contributed by atoms with Crippen LogP contribution in [0.25, 0.3) is 0 Å². The fourth-order valence-corrected chi connectivity index (χ4v) is 8.27. The zero-order valence-corrected chi connectivity index (χ0v) is 19.3. The number of thioether (sulfide) groups is 2. The zero-order valence-electron chi connectivity index (χ0n) is 16.0. The van der Waals surface area contributed by atoms with Crippen LogP contribution in [-0.2, 0) is 19.7 Å². The molecule has 0 spiro atoms. The van der Waals surface area contributed by atoms with Gasteiger partial charge in [0.25, 0.3) is 0 Å². The van der Waals surface area contributed by atoms with E-state index in [1.165, 1.54) is 13.8 Å². The topological polar surface area (TPSA) is 94.1 Å². The van der Waals surface area contributed by atoms with E-state index >= 15 is 0 Å². The molecule has 0 N–H and O–H groups in total. The summed E-state index contributed by atoms with van der Waals surface area (Å²) in [6.45, 7) is 6.71. The molecule has 2 aromatic rings. The summed E-state index contributed by atoms with van der Waals surface area (Å²) in [4.78, 5) is 8.44. The van der Waals surface area contributed by atoms with Crippen molar-refractivity contribution in [2.45, 2.75) is 37.7 Å². The molecule has 0 aliphatic carbocycles. The molecule has 28 heavy (non-hydrogen) atoms. The lowest BCUT2D eigenvalue weighted by Gasteiger charge is -2.14. The molecular weight excluding hydrogens is 436 g/mol. The fraction of sp³-hybridized carbons (Fsp3) is 0.333. The zero-order chi connectivity index (χ0) is 20.9. The van der Waals surface area contributed by atoms with Crippen molar-refractivity contribution in [3.8, 4) is 0 Å². The van der Waals surface area contributed by atoms with Crippen molar-refractivity contribution < 1.29 is 16.8 Å². The molecule has 2 aromatic heterocycles. The minimum atomic E-state index is -3.81. The molecule has 152 valence electrons. The van der Waals surface area contributed by atoms with E-state index < -0.39 is 19.7 Å². The molecule has 0 saturated carbocycles. The van der Waals surface area contributed by atoms with Crippen molar-refractivity contribution in [1.82, 2.24) is 9.97 Å². The number of aromatic nitrogens is 2. The Labute approximate surface area is 175 Å². The molecule has 0 saturated heterocycles. The SMILES string of the molecule is CCS(=O)(=O)C(Sc1ccc(C)cn1)=C(Sc1ccc(C)cn1)S(=O)(=O)CC. The summed E-state index contributed by atoms with van der Waals surface area (Å²) >= 11 is 1.71. The van der Waals surface area contributed by atoms with Crippen molar-refractivity contribution in [2.75, 3.05) is 11.5 Å². The maximum absolute atomic E-state index is 12.8.